The van der Waals surface area contributed by atoms with Crippen LogP contribution in [0.5, 0.6) is 23.0 Å². The molecule has 8 nitrogen and oxygen atoms in total. The predicted molar refractivity (Wildman–Crippen MR) is 293 cm³/mol. The summed E-state index contributed by atoms with van der Waals surface area (Å²) < 4.78 is 24.2. The number of rotatable bonds is 20. The van der Waals surface area contributed by atoms with Crippen LogP contribution >= 0.6 is 11.6 Å². The van der Waals surface area contributed by atoms with Gasteiger partial charge in [0.2, 0.25) is 0 Å². The Bertz CT molecular complexity index is 3240. The smallest absolute Gasteiger partial charge is 0.179 e. The number of aliphatic imine (C=N–C) groups is 4. The lowest BCUT2D eigenvalue weighted by Crippen LogP contribution is -2.08. The van der Waals surface area contributed by atoms with Crippen molar-refractivity contribution in [3.05, 3.63) is 292 Å². The SMILES string of the molecule is CCOc1ccc(/C(=N\COc2ccc(/C(=N\COc3ccc(/C(=N\COc4ccc(C(=Nc5ccc(Cl)cc5)c5ccccc5)cc4)c4ccccc4)cc3)c3ccccc3)cc2)c2ccccc2)cc1. The summed E-state index contributed by atoms with van der Waals surface area (Å²) >= 11 is 6.15. The second-order valence-corrected chi connectivity index (χ2v) is 16.7. The second-order valence-electron chi connectivity index (χ2n) is 16.3. The van der Waals surface area contributed by atoms with Crippen LogP contribution < -0.4 is 18.9 Å². The van der Waals surface area contributed by atoms with E-state index in [1.807, 2.05) is 237 Å². The van der Waals surface area contributed by atoms with Crippen molar-refractivity contribution in [2.75, 3.05) is 26.8 Å². The van der Waals surface area contributed by atoms with Crippen molar-refractivity contribution in [3.8, 4) is 23.0 Å². The molecule has 0 amide bonds. The van der Waals surface area contributed by atoms with E-state index in [-0.39, 0.29) is 20.2 Å². The van der Waals surface area contributed by atoms with Gasteiger partial charge in [-0.1, -0.05) is 133 Å². The minimum absolute atomic E-state index is 0.108. The average Bonchev–Trinajstić information content (AvgIpc) is 3.44. The van der Waals surface area contributed by atoms with E-state index >= 15 is 0 Å². The number of nitrogens with zero attached hydrogens (tertiary/aromatic N) is 4. The highest BCUT2D eigenvalue weighted by Crippen LogP contribution is 2.24. The largest absolute Gasteiger partial charge is 0.494 e. The number of benzene rings is 9. The topological polar surface area (TPSA) is 86.4 Å². The molecule has 72 heavy (non-hydrogen) atoms. The molecule has 9 rings (SSSR count). The van der Waals surface area contributed by atoms with Gasteiger partial charge in [0.15, 0.2) is 20.2 Å². The zero-order valence-electron chi connectivity index (χ0n) is 39.7. The molecule has 0 unspecified atom stereocenters. The lowest BCUT2D eigenvalue weighted by atomic mass is 10.0. The van der Waals surface area contributed by atoms with Crippen LogP contribution in [0.2, 0.25) is 5.02 Å². The maximum atomic E-state index is 6.23. The summed E-state index contributed by atoms with van der Waals surface area (Å²) in [7, 11) is 0. The van der Waals surface area contributed by atoms with E-state index in [9.17, 15) is 0 Å². The van der Waals surface area contributed by atoms with Gasteiger partial charge in [-0.05, 0) is 128 Å². The summed E-state index contributed by atoms with van der Waals surface area (Å²) in [6, 6.07) is 79.6. The molecule has 0 fully saturated rings. The summed E-state index contributed by atoms with van der Waals surface area (Å²) in [6.07, 6.45) is 0. The Kier molecular flexibility index (Phi) is 16.5. The zero-order chi connectivity index (χ0) is 49.2. The van der Waals surface area contributed by atoms with Gasteiger partial charge in [-0.15, -0.1) is 0 Å². The van der Waals surface area contributed by atoms with Gasteiger partial charge in [-0.3, -0.25) is 0 Å². The first kappa shape index (κ1) is 48.2. The fourth-order valence-corrected chi connectivity index (χ4v) is 8.02. The summed E-state index contributed by atoms with van der Waals surface area (Å²) in [4.78, 5) is 19.8. The Morgan fingerprint density at radius 1 is 0.306 bits per heavy atom. The first-order chi connectivity index (χ1) is 35.6. The molecule has 9 aromatic rings. The number of ether oxygens (including phenoxy) is 4. The third-order valence-electron chi connectivity index (χ3n) is 11.4. The Hall–Kier alpha value is -8.85. The van der Waals surface area contributed by atoms with Gasteiger partial charge >= 0.3 is 0 Å². The molecule has 0 aromatic heterocycles. The van der Waals surface area contributed by atoms with Crippen LogP contribution in [0.25, 0.3) is 0 Å². The summed E-state index contributed by atoms with van der Waals surface area (Å²) in [5.74, 6) is 2.89. The van der Waals surface area contributed by atoms with Gasteiger partial charge in [0, 0.05) is 49.5 Å². The van der Waals surface area contributed by atoms with E-state index in [0.29, 0.717) is 28.9 Å². The standard InChI is InChI=1S/C63H51ClN4O4/c1-2-69-56-35-23-50(24-36-56)60(46-15-7-3-8-16-46)65-43-70-57-37-25-51(26-38-57)61(47-17-9-4-10-18-47)66-44-71-58-39-27-52(28-40-58)62(48-19-11-5-12-20-48)67-45-72-59-41-29-53(30-42-59)63(49-21-13-6-14-22-49)68-55-33-31-54(64)32-34-55/h3-42H,2,43-45H2,1H3/b65-60-,66-61-,67-62-,68-63?. The maximum absolute atomic E-state index is 6.23. The van der Waals surface area contributed by atoms with Crippen molar-refractivity contribution >= 4 is 40.1 Å². The van der Waals surface area contributed by atoms with Crippen molar-refractivity contribution in [1.29, 1.82) is 0 Å². The highest BCUT2D eigenvalue weighted by molar-refractivity contribution is 6.30. The van der Waals surface area contributed by atoms with Gasteiger partial charge < -0.3 is 18.9 Å². The van der Waals surface area contributed by atoms with Crippen LogP contribution in [0, 0.1) is 0 Å². The quantitative estimate of drug-likeness (QED) is 0.0712. The molecule has 0 aliphatic heterocycles. The van der Waals surface area contributed by atoms with Gasteiger partial charge in [0.25, 0.3) is 0 Å². The molecule has 0 saturated heterocycles. The predicted octanol–water partition coefficient (Wildman–Crippen LogP) is 14.5. The van der Waals surface area contributed by atoms with E-state index in [4.69, 9.17) is 50.5 Å². The summed E-state index contributed by atoms with van der Waals surface area (Å²) in [5, 5.41) is 0.667. The van der Waals surface area contributed by atoms with Crippen LogP contribution in [0.1, 0.15) is 51.4 Å². The molecule has 0 heterocycles. The minimum atomic E-state index is 0.108. The molecular weight excluding hydrogens is 912 g/mol. The molecule has 0 bridgehead atoms. The summed E-state index contributed by atoms with van der Waals surface area (Å²) in [5.41, 5.74) is 11.8. The molecule has 0 N–H and O–H groups in total. The summed E-state index contributed by atoms with van der Waals surface area (Å²) in [6.45, 7) is 2.95. The Labute approximate surface area is 426 Å². The van der Waals surface area contributed by atoms with Crippen LogP contribution in [0.4, 0.5) is 5.69 Å². The van der Waals surface area contributed by atoms with E-state index in [2.05, 4.69) is 12.1 Å². The van der Waals surface area contributed by atoms with Crippen molar-refractivity contribution in [2.45, 2.75) is 6.92 Å². The zero-order valence-corrected chi connectivity index (χ0v) is 40.5. The number of hydrogen-bond acceptors (Lipinski definition) is 8. The molecule has 0 atom stereocenters. The Morgan fingerprint density at radius 2 is 0.569 bits per heavy atom. The van der Waals surface area contributed by atoms with Crippen molar-refractivity contribution in [1.82, 2.24) is 0 Å². The van der Waals surface area contributed by atoms with Crippen molar-refractivity contribution in [2.24, 2.45) is 20.0 Å². The number of hydrogen-bond donors (Lipinski definition) is 0. The van der Waals surface area contributed by atoms with Gasteiger partial charge in [-0.2, -0.15) is 0 Å². The van der Waals surface area contributed by atoms with Crippen LogP contribution in [0.3, 0.4) is 0 Å². The normalized spacial score (nSPS) is 12.0. The molecule has 9 aromatic carbocycles. The van der Waals surface area contributed by atoms with Crippen molar-refractivity contribution in [3.63, 3.8) is 0 Å². The Morgan fingerprint density at radius 3 is 0.875 bits per heavy atom. The lowest BCUT2D eigenvalue weighted by Gasteiger charge is -2.12. The van der Waals surface area contributed by atoms with E-state index in [0.717, 1.165) is 78.8 Å². The van der Waals surface area contributed by atoms with Crippen LogP contribution in [-0.4, -0.2) is 49.6 Å². The fraction of sp³-hybridized carbons (Fsp3) is 0.0794. The van der Waals surface area contributed by atoms with E-state index < -0.39 is 0 Å². The molecule has 0 radical (unpaired) electrons. The van der Waals surface area contributed by atoms with Crippen LogP contribution in [-0.2, 0) is 0 Å². The molecule has 0 aliphatic carbocycles. The molecule has 0 spiro atoms. The lowest BCUT2D eigenvalue weighted by molar-refractivity contribution is 0.331. The molecular formula is C63H51ClN4O4. The molecule has 354 valence electrons. The third-order valence-corrected chi connectivity index (χ3v) is 11.7. The first-order valence-electron chi connectivity index (χ1n) is 23.7. The van der Waals surface area contributed by atoms with E-state index in [1.165, 1.54) is 0 Å². The Balaban J connectivity index is 0.859. The molecule has 0 saturated carbocycles. The van der Waals surface area contributed by atoms with Gasteiger partial charge in [0.1, 0.15) is 23.0 Å². The molecule has 0 aliphatic rings. The monoisotopic (exact) mass is 962 g/mol. The highest BCUT2D eigenvalue weighted by atomic mass is 35.5. The first-order valence-corrected chi connectivity index (χ1v) is 24.1. The molecule has 9 heteroatoms. The number of halogens is 1. The maximum Gasteiger partial charge on any atom is 0.179 e. The van der Waals surface area contributed by atoms with Gasteiger partial charge in [-0.25, -0.2) is 20.0 Å². The minimum Gasteiger partial charge on any atom is -0.494 e. The van der Waals surface area contributed by atoms with Crippen molar-refractivity contribution < 1.29 is 18.9 Å². The third kappa shape index (κ3) is 13.1. The van der Waals surface area contributed by atoms with E-state index in [1.54, 1.807) is 0 Å². The fourth-order valence-electron chi connectivity index (χ4n) is 7.89. The average molecular weight is 964 g/mol. The highest BCUT2D eigenvalue weighted by Gasteiger charge is 2.13. The van der Waals surface area contributed by atoms with Gasteiger partial charge in [0.05, 0.1) is 35.1 Å². The second kappa shape index (κ2) is 24.6. The van der Waals surface area contributed by atoms with Crippen LogP contribution in [0.15, 0.2) is 263 Å².